The van der Waals surface area contributed by atoms with E-state index < -0.39 is 36.6 Å². The summed E-state index contributed by atoms with van der Waals surface area (Å²) in [5, 5.41) is 0. The van der Waals surface area contributed by atoms with Crippen molar-refractivity contribution in [3.63, 3.8) is 0 Å². The second-order valence-corrected chi connectivity index (χ2v) is 10.5. The average molecular weight is 584 g/mol. The molecule has 0 bridgehead atoms. The topological polar surface area (TPSA) is 159 Å². The molecule has 2 unspecified atom stereocenters. The fraction of sp³-hybridized carbons (Fsp3) is 0.655. The van der Waals surface area contributed by atoms with Crippen molar-refractivity contribution in [2.45, 2.75) is 79.9 Å². The van der Waals surface area contributed by atoms with E-state index in [-0.39, 0.29) is 62.1 Å². The molecule has 0 aromatic heterocycles. The number of nitrogens with two attached hydrogens (primary N) is 1. The summed E-state index contributed by atoms with van der Waals surface area (Å²) < 4.78 is 36.0. The fourth-order valence-corrected chi connectivity index (χ4v) is 2.85. The van der Waals surface area contributed by atoms with Crippen LogP contribution >= 0.6 is 0 Å². The molecule has 0 aliphatic carbocycles. The Bertz CT molecular complexity index is 982. The Labute approximate surface area is 242 Å². The second-order valence-electron chi connectivity index (χ2n) is 10.5. The molecule has 0 aliphatic rings. The molecule has 1 aromatic carbocycles. The van der Waals surface area contributed by atoms with Crippen LogP contribution in [0.5, 0.6) is 11.5 Å². The van der Waals surface area contributed by atoms with Crippen LogP contribution in [0.25, 0.3) is 0 Å². The number of benzene rings is 1. The normalized spacial score (nSPS) is 13.8. The summed E-state index contributed by atoms with van der Waals surface area (Å²) in [6.07, 6.45) is -1.92. The summed E-state index contributed by atoms with van der Waals surface area (Å²) in [7, 11) is 0. The molecule has 4 atom stereocenters. The van der Waals surface area contributed by atoms with Crippen molar-refractivity contribution in [3.8, 4) is 11.5 Å². The number of rotatable bonds is 16. The zero-order chi connectivity index (χ0) is 30.9. The van der Waals surface area contributed by atoms with Crippen molar-refractivity contribution in [2.24, 2.45) is 23.5 Å². The lowest BCUT2D eigenvalue weighted by Gasteiger charge is -2.17. The molecule has 0 heterocycles. The molecule has 1 rings (SSSR count). The van der Waals surface area contributed by atoms with Crippen molar-refractivity contribution >= 4 is 24.4 Å². The Hall–Kier alpha value is -3.54. The van der Waals surface area contributed by atoms with Crippen LogP contribution in [0.4, 0.5) is 14.4 Å². The largest absolute Gasteiger partial charge is 0.513 e. The molecule has 0 fully saturated rings. The SMILES string of the molecule is CCC(C)COC(=O)Oc1ccc(C[C@H](N)C(=O)OC[C@H](C)OC(=O)OCC(C)C)cc1OC(=O)OCC(C)CC. The highest BCUT2D eigenvalue weighted by molar-refractivity contribution is 5.76. The molecular weight excluding hydrogens is 538 g/mol. The van der Waals surface area contributed by atoms with Gasteiger partial charge in [0.25, 0.3) is 0 Å². The van der Waals surface area contributed by atoms with E-state index in [1.165, 1.54) is 12.1 Å². The van der Waals surface area contributed by atoms with Crippen LogP contribution in [0.3, 0.4) is 0 Å². The summed E-state index contributed by atoms with van der Waals surface area (Å²) in [6, 6.07) is 3.27. The van der Waals surface area contributed by atoms with Gasteiger partial charge in [-0.05, 0) is 48.8 Å². The predicted molar refractivity (Wildman–Crippen MR) is 149 cm³/mol. The summed E-state index contributed by atoms with van der Waals surface area (Å²) >= 11 is 0. The van der Waals surface area contributed by atoms with Crippen LogP contribution < -0.4 is 15.2 Å². The van der Waals surface area contributed by atoms with Crippen molar-refractivity contribution in [3.05, 3.63) is 23.8 Å². The Morgan fingerprint density at radius 3 is 1.78 bits per heavy atom. The molecule has 0 saturated carbocycles. The molecule has 0 radical (unpaired) electrons. The van der Waals surface area contributed by atoms with E-state index in [1.807, 2.05) is 41.5 Å². The third-order valence-electron chi connectivity index (χ3n) is 5.81. The van der Waals surface area contributed by atoms with Crippen LogP contribution in [0.15, 0.2) is 18.2 Å². The summed E-state index contributed by atoms with van der Waals surface area (Å²) in [5.74, 6) is -0.498. The van der Waals surface area contributed by atoms with E-state index in [0.29, 0.717) is 5.56 Å². The molecule has 0 saturated heterocycles. The van der Waals surface area contributed by atoms with Crippen LogP contribution in [0.1, 0.15) is 66.9 Å². The first-order valence-corrected chi connectivity index (χ1v) is 13.9. The van der Waals surface area contributed by atoms with Gasteiger partial charge in [-0.25, -0.2) is 14.4 Å². The molecule has 0 spiro atoms. The lowest BCUT2D eigenvalue weighted by molar-refractivity contribution is -0.148. The maximum atomic E-state index is 12.4. The van der Waals surface area contributed by atoms with Crippen molar-refractivity contribution in [2.75, 3.05) is 26.4 Å². The number of hydrogen-bond donors (Lipinski definition) is 1. The van der Waals surface area contributed by atoms with Crippen LogP contribution in [-0.2, 0) is 34.9 Å². The quantitative estimate of drug-likeness (QED) is 0.150. The van der Waals surface area contributed by atoms with Crippen molar-refractivity contribution in [1.82, 2.24) is 0 Å². The lowest BCUT2D eigenvalue weighted by atomic mass is 10.1. The second kappa shape index (κ2) is 18.7. The van der Waals surface area contributed by atoms with Gasteiger partial charge in [0.05, 0.1) is 19.8 Å². The Morgan fingerprint density at radius 2 is 1.24 bits per heavy atom. The first-order valence-electron chi connectivity index (χ1n) is 13.9. The number of carbonyl (C=O) groups excluding carboxylic acids is 4. The van der Waals surface area contributed by atoms with Gasteiger partial charge in [-0.3, -0.25) is 4.79 Å². The number of esters is 1. The van der Waals surface area contributed by atoms with E-state index in [9.17, 15) is 19.2 Å². The maximum absolute atomic E-state index is 12.4. The van der Waals surface area contributed by atoms with E-state index in [1.54, 1.807) is 13.0 Å². The van der Waals surface area contributed by atoms with Gasteiger partial charge in [0.15, 0.2) is 11.5 Å². The number of carbonyl (C=O) groups is 4. The molecule has 0 amide bonds. The summed E-state index contributed by atoms with van der Waals surface area (Å²) in [5.41, 5.74) is 6.51. The minimum absolute atomic E-state index is 0.00151. The Kier molecular flexibility index (Phi) is 16.2. The summed E-state index contributed by atoms with van der Waals surface area (Å²) in [4.78, 5) is 48.6. The lowest BCUT2D eigenvalue weighted by Crippen LogP contribution is -2.36. The van der Waals surface area contributed by atoms with Crippen molar-refractivity contribution < 1.29 is 52.3 Å². The first-order chi connectivity index (χ1) is 19.3. The highest BCUT2D eigenvalue weighted by atomic mass is 16.7. The fourth-order valence-electron chi connectivity index (χ4n) is 2.85. The standard InChI is InChI=1S/C29H45NO11/c1-8-19(5)15-37-28(33)40-24-11-10-22(13-25(24)41-29(34)38-16-20(6)9-2)12-23(30)26(31)35-17-21(7)39-27(32)36-14-18(3)4/h10-11,13,18-21,23H,8-9,12,14-17,30H2,1-7H3/t19?,20?,21-,23-/m0/s1. The minimum Gasteiger partial charge on any atom is -0.461 e. The maximum Gasteiger partial charge on any atom is 0.513 e. The van der Waals surface area contributed by atoms with Gasteiger partial charge in [-0.15, -0.1) is 0 Å². The third kappa shape index (κ3) is 15.1. The summed E-state index contributed by atoms with van der Waals surface area (Å²) in [6.45, 7) is 13.4. The molecule has 41 heavy (non-hydrogen) atoms. The highest BCUT2D eigenvalue weighted by Crippen LogP contribution is 2.30. The Balaban J connectivity index is 2.85. The van der Waals surface area contributed by atoms with Gasteiger partial charge in [0.2, 0.25) is 0 Å². The molecule has 2 N–H and O–H groups in total. The molecule has 12 heteroatoms. The number of ether oxygens (including phenoxy) is 7. The monoisotopic (exact) mass is 583 g/mol. The average Bonchev–Trinajstić information content (AvgIpc) is 2.93. The molecule has 1 aromatic rings. The van der Waals surface area contributed by atoms with E-state index >= 15 is 0 Å². The van der Waals surface area contributed by atoms with Gasteiger partial charge >= 0.3 is 24.4 Å². The van der Waals surface area contributed by atoms with Crippen LogP contribution in [0.2, 0.25) is 0 Å². The number of hydrogen-bond acceptors (Lipinski definition) is 12. The molecule has 0 aliphatic heterocycles. The zero-order valence-electron chi connectivity index (χ0n) is 25.1. The molecule has 232 valence electrons. The van der Waals surface area contributed by atoms with E-state index in [0.717, 1.165) is 12.8 Å². The third-order valence-corrected chi connectivity index (χ3v) is 5.81. The van der Waals surface area contributed by atoms with Gasteiger partial charge in [-0.1, -0.05) is 60.5 Å². The Morgan fingerprint density at radius 1 is 0.707 bits per heavy atom. The van der Waals surface area contributed by atoms with Gasteiger partial charge < -0.3 is 38.9 Å². The van der Waals surface area contributed by atoms with E-state index in [4.69, 9.17) is 38.9 Å². The van der Waals surface area contributed by atoms with Crippen LogP contribution in [0, 0.1) is 17.8 Å². The van der Waals surface area contributed by atoms with Gasteiger partial charge in [-0.2, -0.15) is 0 Å². The molecular formula is C29H45NO11. The van der Waals surface area contributed by atoms with Gasteiger partial charge in [0, 0.05) is 0 Å². The minimum atomic E-state index is -1.09. The molecule has 12 nitrogen and oxygen atoms in total. The zero-order valence-corrected chi connectivity index (χ0v) is 25.1. The highest BCUT2D eigenvalue weighted by Gasteiger charge is 2.22. The van der Waals surface area contributed by atoms with Gasteiger partial charge in [0.1, 0.15) is 18.8 Å². The smallest absolute Gasteiger partial charge is 0.461 e. The van der Waals surface area contributed by atoms with Crippen LogP contribution in [-0.4, -0.2) is 63.0 Å². The van der Waals surface area contributed by atoms with Crippen molar-refractivity contribution in [1.29, 1.82) is 0 Å². The predicted octanol–water partition coefficient (Wildman–Crippen LogP) is 5.42. The van der Waals surface area contributed by atoms with E-state index in [2.05, 4.69) is 0 Å². The first kappa shape index (κ1) is 35.5.